The van der Waals surface area contributed by atoms with Crippen LogP contribution in [0.3, 0.4) is 0 Å². The van der Waals surface area contributed by atoms with E-state index in [1.165, 1.54) is 0 Å². The molecule has 1 N–H and O–H groups in total. The van der Waals surface area contributed by atoms with Crippen LogP contribution in [-0.4, -0.2) is 56.2 Å². The zero-order valence-corrected chi connectivity index (χ0v) is 15.1. The zero-order chi connectivity index (χ0) is 19.2. The highest BCUT2D eigenvalue weighted by molar-refractivity contribution is 6.08. The van der Waals surface area contributed by atoms with E-state index in [4.69, 9.17) is 4.42 Å². The van der Waals surface area contributed by atoms with Crippen LogP contribution in [0.2, 0.25) is 0 Å². The zero-order valence-electron chi connectivity index (χ0n) is 15.1. The van der Waals surface area contributed by atoms with Crippen LogP contribution in [0.15, 0.2) is 28.9 Å². The summed E-state index contributed by atoms with van der Waals surface area (Å²) in [5.74, 6) is 0.513. The van der Waals surface area contributed by atoms with Gasteiger partial charge in [0, 0.05) is 25.4 Å². The fourth-order valence-corrected chi connectivity index (χ4v) is 3.22. The Morgan fingerprint density at radius 3 is 2.85 bits per heavy atom. The highest BCUT2D eigenvalue weighted by Gasteiger charge is 2.45. The van der Waals surface area contributed by atoms with E-state index >= 15 is 0 Å². The van der Waals surface area contributed by atoms with Crippen molar-refractivity contribution < 1.29 is 18.8 Å². The molecule has 0 spiro atoms. The molecule has 0 saturated carbocycles. The van der Waals surface area contributed by atoms with Crippen molar-refractivity contribution in [2.24, 2.45) is 0 Å². The summed E-state index contributed by atoms with van der Waals surface area (Å²) < 4.78 is 5.80. The first-order valence-corrected chi connectivity index (χ1v) is 8.66. The molecule has 0 bridgehead atoms. The molecule has 4 heterocycles. The number of pyridine rings is 1. The molecule has 0 radical (unpaired) electrons. The summed E-state index contributed by atoms with van der Waals surface area (Å²) in [6, 6.07) is 3.11. The Morgan fingerprint density at radius 1 is 1.37 bits per heavy atom. The minimum atomic E-state index is -0.989. The number of nitrogens with one attached hydrogen (secondary N) is 1. The second-order valence-electron chi connectivity index (χ2n) is 7.14. The second kappa shape index (κ2) is 6.19. The lowest BCUT2D eigenvalue weighted by atomic mass is 10.1. The maximum atomic E-state index is 12.6. The van der Waals surface area contributed by atoms with Gasteiger partial charge in [-0.15, -0.1) is 0 Å². The number of hydrogen-bond donors (Lipinski definition) is 1. The highest BCUT2D eigenvalue weighted by Crippen LogP contribution is 2.26. The summed E-state index contributed by atoms with van der Waals surface area (Å²) in [6.07, 6.45) is 3.86. The van der Waals surface area contributed by atoms with Crippen LogP contribution in [-0.2, 0) is 22.6 Å². The number of oxazole rings is 1. The molecule has 2 aromatic heterocycles. The van der Waals surface area contributed by atoms with Gasteiger partial charge < -0.3 is 14.6 Å². The summed E-state index contributed by atoms with van der Waals surface area (Å²) in [7, 11) is 0. The molecule has 140 valence electrons. The minimum absolute atomic E-state index is 0.281. The Labute approximate surface area is 155 Å². The van der Waals surface area contributed by atoms with E-state index in [0.717, 1.165) is 16.2 Å². The molecule has 2 aliphatic heterocycles. The molecule has 1 saturated heterocycles. The van der Waals surface area contributed by atoms with Crippen LogP contribution >= 0.6 is 0 Å². The van der Waals surface area contributed by atoms with Crippen LogP contribution < -0.4 is 5.32 Å². The largest absolute Gasteiger partial charge is 0.441 e. The molecule has 0 aliphatic carbocycles. The third-order valence-corrected chi connectivity index (χ3v) is 4.73. The van der Waals surface area contributed by atoms with Crippen LogP contribution in [0.5, 0.6) is 0 Å². The summed E-state index contributed by atoms with van der Waals surface area (Å²) in [6.45, 7) is 3.67. The van der Waals surface area contributed by atoms with Gasteiger partial charge in [-0.1, -0.05) is 0 Å². The van der Waals surface area contributed by atoms with Crippen molar-refractivity contribution in [3.05, 3.63) is 36.0 Å². The third kappa shape index (κ3) is 3.05. The molecule has 0 atom stereocenters. The number of nitrogens with zero attached hydrogens (tertiary/aromatic N) is 4. The van der Waals surface area contributed by atoms with E-state index in [9.17, 15) is 14.4 Å². The van der Waals surface area contributed by atoms with Crippen molar-refractivity contribution in [3.8, 4) is 11.5 Å². The summed E-state index contributed by atoms with van der Waals surface area (Å²) in [5.41, 5.74) is 0.467. The molecule has 9 nitrogen and oxygen atoms in total. The molecule has 0 unspecified atom stereocenters. The van der Waals surface area contributed by atoms with Crippen molar-refractivity contribution in [3.63, 3.8) is 0 Å². The van der Waals surface area contributed by atoms with Gasteiger partial charge in [0.2, 0.25) is 11.8 Å². The van der Waals surface area contributed by atoms with E-state index in [-0.39, 0.29) is 19.0 Å². The van der Waals surface area contributed by atoms with E-state index in [0.29, 0.717) is 24.6 Å². The molecular formula is C18H19N5O4. The Morgan fingerprint density at radius 2 is 2.19 bits per heavy atom. The number of urea groups is 1. The van der Waals surface area contributed by atoms with Crippen molar-refractivity contribution in [2.45, 2.75) is 32.4 Å². The summed E-state index contributed by atoms with van der Waals surface area (Å²) >= 11 is 0. The fraction of sp³-hybridized carbons (Fsp3) is 0.389. The predicted octanol–water partition coefficient (Wildman–Crippen LogP) is 0.952. The second-order valence-corrected chi connectivity index (χ2v) is 7.14. The van der Waals surface area contributed by atoms with Gasteiger partial charge in [-0.05, 0) is 26.0 Å². The van der Waals surface area contributed by atoms with Crippen LogP contribution in [0.4, 0.5) is 4.79 Å². The van der Waals surface area contributed by atoms with Gasteiger partial charge in [-0.3, -0.25) is 19.5 Å². The molecule has 4 rings (SSSR count). The van der Waals surface area contributed by atoms with Crippen LogP contribution in [0.1, 0.15) is 25.3 Å². The monoisotopic (exact) mass is 369 g/mol. The van der Waals surface area contributed by atoms with E-state index < -0.39 is 17.5 Å². The molecule has 9 heteroatoms. The molecule has 4 amide bonds. The lowest BCUT2D eigenvalue weighted by Crippen LogP contribution is -2.45. The average Bonchev–Trinajstić information content (AvgIpc) is 3.16. The normalized spacial score (nSPS) is 18.4. The standard InChI is InChI=1S/C18H19N5O4/c1-18(2)16(25)23(17(26)21-18)10-14(24)22-7-5-13-12(9-22)20-15(27-13)11-4-3-6-19-8-11/h3-4,6,8H,5,7,9-10H2,1-2H3,(H,21,26). The van der Waals surface area contributed by atoms with E-state index in [1.807, 2.05) is 6.07 Å². The van der Waals surface area contributed by atoms with Crippen molar-refractivity contribution in [1.82, 2.24) is 25.1 Å². The molecular weight excluding hydrogens is 350 g/mol. The maximum Gasteiger partial charge on any atom is 0.325 e. The number of amides is 4. The first-order valence-electron chi connectivity index (χ1n) is 8.66. The number of rotatable bonds is 3. The Hall–Kier alpha value is -3.23. The van der Waals surface area contributed by atoms with Crippen LogP contribution in [0.25, 0.3) is 11.5 Å². The SMILES string of the molecule is CC1(C)NC(=O)N(CC(=O)N2CCc3oc(-c4cccnc4)nc3C2)C1=O. The van der Waals surface area contributed by atoms with Crippen molar-refractivity contribution in [2.75, 3.05) is 13.1 Å². The maximum absolute atomic E-state index is 12.6. The Bertz CT molecular complexity index is 921. The quantitative estimate of drug-likeness (QED) is 0.807. The van der Waals surface area contributed by atoms with Gasteiger partial charge in [0.15, 0.2) is 0 Å². The van der Waals surface area contributed by atoms with Gasteiger partial charge >= 0.3 is 6.03 Å². The molecule has 0 aromatic carbocycles. The van der Waals surface area contributed by atoms with Gasteiger partial charge in [-0.25, -0.2) is 9.78 Å². The third-order valence-electron chi connectivity index (χ3n) is 4.73. The van der Waals surface area contributed by atoms with Gasteiger partial charge in [0.25, 0.3) is 5.91 Å². The van der Waals surface area contributed by atoms with Gasteiger partial charge in [0.05, 0.1) is 12.1 Å². The molecule has 27 heavy (non-hydrogen) atoms. The summed E-state index contributed by atoms with van der Waals surface area (Å²) in [4.78, 5) is 47.9. The highest BCUT2D eigenvalue weighted by atomic mass is 16.4. The molecule has 2 aromatic rings. The van der Waals surface area contributed by atoms with E-state index in [1.54, 1.807) is 37.2 Å². The van der Waals surface area contributed by atoms with Crippen LogP contribution in [0, 0.1) is 0 Å². The fourth-order valence-electron chi connectivity index (χ4n) is 3.22. The van der Waals surface area contributed by atoms with Gasteiger partial charge in [0.1, 0.15) is 23.5 Å². The average molecular weight is 369 g/mol. The lowest BCUT2D eigenvalue weighted by molar-refractivity contribution is -0.139. The topological polar surface area (TPSA) is 109 Å². The number of fused-ring (bicyclic) bond motifs is 1. The first kappa shape index (κ1) is 17.2. The van der Waals surface area contributed by atoms with Crippen molar-refractivity contribution >= 4 is 17.8 Å². The molecule has 1 fully saturated rings. The summed E-state index contributed by atoms with van der Waals surface area (Å²) in [5, 5.41) is 2.57. The molecule has 2 aliphatic rings. The van der Waals surface area contributed by atoms with Gasteiger partial charge in [-0.2, -0.15) is 0 Å². The lowest BCUT2D eigenvalue weighted by Gasteiger charge is -2.27. The number of imide groups is 1. The van der Waals surface area contributed by atoms with Crippen molar-refractivity contribution in [1.29, 1.82) is 0 Å². The number of carbonyl (C=O) groups is 3. The minimum Gasteiger partial charge on any atom is -0.441 e. The number of carbonyl (C=O) groups excluding carboxylic acids is 3. The first-order chi connectivity index (χ1) is 12.8. The number of aromatic nitrogens is 2. The number of hydrogen-bond acceptors (Lipinski definition) is 6. The predicted molar refractivity (Wildman–Crippen MR) is 93.2 cm³/mol. The Kier molecular flexibility index (Phi) is 3.94. The smallest absolute Gasteiger partial charge is 0.325 e. The van der Waals surface area contributed by atoms with E-state index in [2.05, 4.69) is 15.3 Å². The Balaban J connectivity index is 1.47.